The van der Waals surface area contributed by atoms with Gasteiger partial charge < -0.3 is 0 Å². The van der Waals surface area contributed by atoms with Gasteiger partial charge in [-0.2, -0.15) is 8.42 Å². The predicted octanol–water partition coefficient (Wildman–Crippen LogP) is 3.61. The van der Waals surface area contributed by atoms with E-state index >= 15 is 0 Å². The Balaban J connectivity index is 2.74. The van der Waals surface area contributed by atoms with Crippen molar-refractivity contribution in [3.63, 3.8) is 0 Å². The Morgan fingerprint density at radius 1 is 1.11 bits per heavy atom. The van der Waals surface area contributed by atoms with Crippen molar-refractivity contribution in [3.05, 3.63) is 41.4 Å². The van der Waals surface area contributed by atoms with Crippen molar-refractivity contribution in [1.82, 2.24) is 0 Å². The zero-order chi connectivity index (χ0) is 13.3. The molecule has 0 aliphatic rings. The summed E-state index contributed by atoms with van der Waals surface area (Å²) >= 11 is 6.01. The molecule has 0 aliphatic carbocycles. The number of fused-ring (bicyclic) bond motifs is 1. The SMILES string of the molecule is CC(C)OS(=O)(=O)c1c(Cl)ccc2ccccc12. The molecule has 3 nitrogen and oxygen atoms in total. The van der Waals surface area contributed by atoms with Crippen molar-refractivity contribution in [1.29, 1.82) is 0 Å². The second kappa shape index (κ2) is 4.88. The van der Waals surface area contributed by atoms with Crippen LogP contribution < -0.4 is 0 Å². The lowest BCUT2D eigenvalue weighted by molar-refractivity contribution is 0.249. The van der Waals surface area contributed by atoms with E-state index in [0.717, 1.165) is 5.39 Å². The molecule has 0 amide bonds. The van der Waals surface area contributed by atoms with Crippen LogP contribution in [0.25, 0.3) is 10.8 Å². The fraction of sp³-hybridized carbons (Fsp3) is 0.231. The summed E-state index contributed by atoms with van der Waals surface area (Å²) in [4.78, 5) is 0.0379. The van der Waals surface area contributed by atoms with Gasteiger partial charge in [-0.1, -0.05) is 41.9 Å². The fourth-order valence-corrected chi connectivity index (χ4v) is 3.59. The average molecular weight is 285 g/mol. The number of hydrogen-bond donors (Lipinski definition) is 0. The summed E-state index contributed by atoms with van der Waals surface area (Å²) < 4.78 is 29.3. The molecule has 18 heavy (non-hydrogen) atoms. The molecule has 0 saturated heterocycles. The first-order chi connectivity index (χ1) is 8.42. The van der Waals surface area contributed by atoms with Gasteiger partial charge >= 0.3 is 0 Å². The summed E-state index contributed by atoms with van der Waals surface area (Å²) in [5, 5.41) is 1.56. The summed E-state index contributed by atoms with van der Waals surface area (Å²) in [6.45, 7) is 3.33. The average Bonchev–Trinajstić information content (AvgIpc) is 2.26. The number of benzene rings is 2. The molecule has 0 aliphatic heterocycles. The minimum Gasteiger partial charge on any atom is -0.264 e. The molecule has 0 radical (unpaired) electrons. The Hall–Kier alpha value is -1.10. The molecule has 2 aromatic rings. The Labute approximate surface area is 111 Å². The highest BCUT2D eigenvalue weighted by Gasteiger charge is 2.23. The van der Waals surface area contributed by atoms with E-state index in [0.29, 0.717) is 5.39 Å². The molecular weight excluding hydrogens is 272 g/mol. The van der Waals surface area contributed by atoms with Crippen LogP contribution >= 0.6 is 11.6 Å². The van der Waals surface area contributed by atoms with Gasteiger partial charge in [-0.25, -0.2) is 0 Å². The van der Waals surface area contributed by atoms with E-state index in [4.69, 9.17) is 15.8 Å². The number of hydrogen-bond acceptors (Lipinski definition) is 3. The van der Waals surface area contributed by atoms with Gasteiger partial charge in [0.25, 0.3) is 10.1 Å². The maximum atomic E-state index is 12.2. The second-order valence-corrected chi connectivity index (χ2v) is 6.11. The van der Waals surface area contributed by atoms with E-state index in [1.807, 2.05) is 12.1 Å². The van der Waals surface area contributed by atoms with Gasteiger partial charge in [0.2, 0.25) is 0 Å². The fourth-order valence-electron chi connectivity index (χ4n) is 1.77. The highest BCUT2D eigenvalue weighted by Crippen LogP contribution is 2.31. The van der Waals surface area contributed by atoms with Crippen molar-refractivity contribution < 1.29 is 12.6 Å². The van der Waals surface area contributed by atoms with Crippen LogP contribution in [0.3, 0.4) is 0 Å². The summed E-state index contributed by atoms with van der Waals surface area (Å²) in [6, 6.07) is 10.5. The first kappa shape index (κ1) is 13.3. The van der Waals surface area contributed by atoms with Crippen LogP contribution in [0.15, 0.2) is 41.3 Å². The molecule has 0 bridgehead atoms. The minimum atomic E-state index is -3.85. The van der Waals surface area contributed by atoms with Crippen LogP contribution in [0, 0.1) is 0 Å². The summed E-state index contributed by atoms with van der Waals surface area (Å²) in [7, 11) is -3.85. The Kier molecular flexibility index (Phi) is 3.61. The third-order valence-corrected chi connectivity index (χ3v) is 4.41. The van der Waals surface area contributed by atoms with Gasteiger partial charge in [-0.15, -0.1) is 0 Å². The zero-order valence-electron chi connectivity index (χ0n) is 10.1. The molecule has 0 saturated carbocycles. The molecule has 0 aromatic heterocycles. The van der Waals surface area contributed by atoms with Crippen LogP contribution in [-0.2, 0) is 14.3 Å². The number of rotatable bonds is 3. The van der Waals surface area contributed by atoms with E-state index in [1.165, 1.54) is 0 Å². The van der Waals surface area contributed by atoms with E-state index in [2.05, 4.69) is 0 Å². The van der Waals surface area contributed by atoms with Crippen molar-refractivity contribution in [2.75, 3.05) is 0 Å². The predicted molar refractivity (Wildman–Crippen MR) is 72.4 cm³/mol. The van der Waals surface area contributed by atoms with E-state index in [-0.39, 0.29) is 9.92 Å². The lowest BCUT2D eigenvalue weighted by Gasteiger charge is -2.12. The van der Waals surface area contributed by atoms with Gasteiger partial charge in [-0.3, -0.25) is 4.18 Å². The molecule has 96 valence electrons. The van der Waals surface area contributed by atoms with Gasteiger partial charge in [0.05, 0.1) is 11.1 Å². The molecule has 0 spiro atoms. The minimum absolute atomic E-state index is 0.0379. The molecule has 0 N–H and O–H groups in total. The largest absolute Gasteiger partial charge is 0.299 e. The third-order valence-electron chi connectivity index (χ3n) is 2.40. The van der Waals surface area contributed by atoms with Crippen LogP contribution in [0.4, 0.5) is 0 Å². The first-order valence-corrected chi connectivity index (χ1v) is 7.31. The molecule has 2 aromatic carbocycles. The Morgan fingerprint density at radius 2 is 1.78 bits per heavy atom. The normalized spacial score (nSPS) is 12.2. The molecule has 0 heterocycles. The Bertz CT molecular complexity index is 678. The molecule has 0 atom stereocenters. The number of halogens is 1. The van der Waals surface area contributed by atoms with Crippen LogP contribution in [0.5, 0.6) is 0 Å². The smallest absolute Gasteiger partial charge is 0.264 e. The molecule has 5 heteroatoms. The third kappa shape index (κ3) is 2.51. The maximum absolute atomic E-state index is 12.2. The van der Waals surface area contributed by atoms with Gasteiger partial charge in [0, 0.05) is 5.39 Å². The summed E-state index contributed by atoms with van der Waals surface area (Å²) in [5.74, 6) is 0. The van der Waals surface area contributed by atoms with Crippen LogP contribution in [-0.4, -0.2) is 14.5 Å². The highest BCUT2D eigenvalue weighted by atomic mass is 35.5. The molecule has 0 unspecified atom stereocenters. The van der Waals surface area contributed by atoms with Crippen molar-refractivity contribution in [3.8, 4) is 0 Å². The van der Waals surface area contributed by atoms with Crippen LogP contribution in [0.1, 0.15) is 13.8 Å². The van der Waals surface area contributed by atoms with Gasteiger partial charge in [-0.05, 0) is 25.3 Å². The van der Waals surface area contributed by atoms with E-state index < -0.39 is 16.2 Å². The van der Waals surface area contributed by atoms with Gasteiger partial charge in [0.1, 0.15) is 4.90 Å². The molecule has 2 rings (SSSR count). The quantitative estimate of drug-likeness (QED) is 0.809. The first-order valence-electron chi connectivity index (χ1n) is 5.52. The maximum Gasteiger partial charge on any atom is 0.299 e. The standard InChI is InChI=1S/C13H13ClO3S/c1-9(2)17-18(15,16)13-11-6-4-3-5-10(11)7-8-12(13)14/h3-9H,1-2H3. The van der Waals surface area contributed by atoms with E-state index in [1.54, 1.807) is 38.1 Å². The highest BCUT2D eigenvalue weighted by molar-refractivity contribution is 7.87. The van der Waals surface area contributed by atoms with Gasteiger partial charge in [0.15, 0.2) is 0 Å². The van der Waals surface area contributed by atoms with Crippen LogP contribution in [0.2, 0.25) is 5.02 Å². The van der Waals surface area contributed by atoms with Crippen molar-refractivity contribution >= 4 is 32.5 Å². The van der Waals surface area contributed by atoms with E-state index in [9.17, 15) is 8.42 Å². The lowest BCUT2D eigenvalue weighted by Crippen LogP contribution is -2.13. The summed E-state index contributed by atoms with van der Waals surface area (Å²) in [5.41, 5.74) is 0. The van der Waals surface area contributed by atoms with Crippen molar-refractivity contribution in [2.24, 2.45) is 0 Å². The topological polar surface area (TPSA) is 43.4 Å². The zero-order valence-corrected chi connectivity index (χ0v) is 11.6. The monoisotopic (exact) mass is 284 g/mol. The lowest BCUT2D eigenvalue weighted by atomic mass is 10.1. The Morgan fingerprint density at radius 3 is 2.44 bits per heavy atom. The molecular formula is C13H13ClO3S. The summed E-state index contributed by atoms with van der Waals surface area (Å²) in [6.07, 6.45) is -0.426. The molecule has 0 fully saturated rings. The van der Waals surface area contributed by atoms with Crippen molar-refractivity contribution in [2.45, 2.75) is 24.8 Å². The second-order valence-electron chi connectivity index (χ2n) is 4.20.